The highest BCUT2D eigenvalue weighted by atomic mass is 32.2. The summed E-state index contributed by atoms with van der Waals surface area (Å²) in [6.45, 7) is 4.03. The molecule has 3 N–H and O–H groups in total. The van der Waals surface area contributed by atoms with Crippen LogP contribution in [0.1, 0.15) is 11.1 Å². The van der Waals surface area contributed by atoms with Crippen LogP contribution in [0.3, 0.4) is 0 Å². The highest BCUT2D eigenvalue weighted by molar-refractivity contribution is 8.03. The van der Waals surface area contributed by atoms with E-state index in [1.54, 1.807) is 0 Å². The summed E-state index contributed by atoms with van der Waals surface area (Å²) < 4.78 is 1.35. The molecule has 0 aliphatic heterocycles. The Kier molecular flexibility index (Phi) is 6.43. The number of thioether (sulfide) groups is 2. The van der Waals surface area contributed by atoms with Gasteiger partial charge < -0.3 is 11.1 Å². The summed E-state index contributed by atoms with van der Waals surface area (Å²) in [7, 11) is 0. The molecule has 122 valence electrons. The van der Waals surface area contributed by atoms with E-state index in [0.29, 0.717) is 8.68 Å². The maximum atomic E-state index is 12.0. The summed E-state index contributed by atoms with van der Waals surface area (Å²) in [5.74, 6) is -0.0683. The lowest BCUT2D eigenvalue weighted by Crippen LogP contribution is -2.14. The standard InChI is InChI=1S/C14H16N4O2S3/c1-8-3-4-10(5-9(8)2)16-12(20)7-22-14-18-17-13(23-14)21-6-11(15)19/h3-5H,6-7H2,1-2H3,(H2,15,19)(H,16,20). The lowest BCUT2D eigenvalue weighted by atomic mass is 10.1. The van der Waals surface area contributed by atoms with Crippen molar-refractivity contribution in [2.75, 3.05) is 16.8 Å². The van der Waals surface area contributed by atoms with Crippen LogP contribution < -0.4 is 11.1 Å². The van der Waals surface area contributed by atoms with Crippen LogP contribution in [-0.2, 0) is 9.59 Å². The van der Waals surface area contributed by atoms with Gasteiger partial charge in [-0.1, -0.05) is 40.9 Å². The molecular weight excluding hydrogens is 352 g/mol. The van der Waals surface area contributed by atoms with Crippen LogP contribution in [0, 0.1) is 13.8 Å². The van der Waals surface area contributed by atoms with Gasteiger partial charge in [0.25, 0.3) is 0 Å². The van der Waals surface area contributed by atoms with Gasteiger partial charge in [0, 0.05) is 5.69 Å². The molecule has 0 saturated carbocycles. The Labute approximate surface area is 146 Å². The van der Waals surface area contributed by atoms with Gasteiger partial charge in [-0.15, -0.1) is 10.2 Å². The molecule has 1 aromatic heterocycles. The average Bonchev–Trinajstić information content (AvgIpc) is 2.95. The van der Waals surface area contributed by atoms with Crippen molar-refractivity contribution in [1.82, 2.24) is 10.2 Å². The maximum Gasteiger partial charge on any atom is 0.234 e. The van der Waals surface area contributed by atoms with Crippen molar-refractivity contribution in [2.24, 2.45) is 5.73 Å². The predicted octanol–water partition coefficient (Wildman–Crippen LogP) is 2.46. The topological polar surface area (TPSA) is 98.0 Å². The number of anilines is 1. The first-order chi connectivity index (χ1) is 10.9. The van der Waals surface area contributed by atoms with Crippen LogP contribution in [0.4, 0.5) is 5.69 Å². The number of rotatable bonds is 7. The van der Waals surface area contributed by atoms with Crippen LogP contribution >= 0.6 is 34.9 Å². The SMILES string of the molecule is Cc1ccc(NC(=O)CSc2nnc(SCC(N)=O)s2)cc1C. The molecule has 1 aromatic carbocycles. The molecule has 1 heterocycles. The number of aryl methyl sites for hydroxylation is 2. The van der Waals surface area contributed by atoms with Crippen molar-refractivity contribution >= 4 is 52.4 Å². The van der Waals surface area contributed by atoms with Crippen molar-refractivity contribution in [3.05, 3.63) is 29.3 Å². The van der Waals surface area contributed by atoms with Gasteiger partial charge in [0.1, 0.15) is 0 Å². The van der Waals surface area contributed by atoms with Crippen molar-refractivity contribution in [3.8, 4) is 0 Å². The number of carbonyl (C=O) groups excluding carboxylic acids is 2. The van der Waals surface area contributed by atoms with Crippen LogP contribution in [0.5, 0.6) is 0 Å². The minimum absolute atomic E-state index is 0.0974. The van der Waals surface area contributed by atoms with Crippen LogP contribution in [0.2, 0.25) is 0 Å². The van der Waals surface area contributed by atoms with E-state index in [1.807, 2.05) is 32.0 Å². The maximum absolute atomic E-state index is 12.0. The van der Waals surface area contributed by atoms with E-state index in [4.69, 9.17) is 5.73 Å². The minimum Gasteiger partial charge on any atom is -0.369 e. The van der Waals surface area contributed by atoms with Crippen molar-refractivity contribution < 1.29 is 9.59 Å². The molecule has 9 heteroatoms. The predicted molar refractivity (Wildman–Crippen MR) is 95.1 cm³/mol. The molecule has 0 aliphatic rings. The first-order valence-corrected chi connectivity index (χ1v) is 9.47. The third kappa shape index (κ3) is 5.85. The van der Waals surface area contributed by atoms with Crippen LogP contribution in [-0.4, -0.2) is 33.5 Å². The van der Waals surface area contributed by atoms with Gasteiger partial charge in [-0.3, -0.25) is 9.59 Å². The van der Waals surface area contributed by atoms with E-state index >= 15 is 0 Å². The third-order valence-corrected chi connectivity index (χ3v) is 6.06. The van der Waals surface area contributed by atoms with Crippen LogP contribution in [0.15, 0.2) is 26.9 Å². The van der Waals surface area contributed by atoms with E-state index in [2.05, 4.69) is 15.5 Å². The molecule has 0 radical (unpaired) electrons. The fraction of sp³-hybridized carbons (Fsp3) is 0.286. The van der Waals surface area contributed by atoms with E-state index in [9.17, 15) is 9.59 Å². The number of amides is 2. The summed E-state index contributed by atoms with van der Waals surface area (Å²) in [5.41, 5.74) is 8.19. The van der Waals surface area contributed by atoms with Gasteiger partial charge in [0.2, 0.25) is 11.8 Å². The number of carbonyl (C=O) groups is 2. The molecule has 0 aliphatic carbocycles. The summed E-state index contributed by atoms with van der Waals surface area (Å²) in [4.78, 5) is 22.7. The first-order valence-electron chi connectivity index (χ1n) is 6.68. The Bertz CT molecular complexity index is 718. The van der Waals surface area contributed by atoms with Gasteiger partial charge in [-0.05, 0) is 37.1 Å². The Morgan fingerprint density at radius 2 is 1.78 bits per heavy atom. The zero-order valence-electron chi connectivity index (χ0n) is 12.7. The third-order valence-electron chi connectivity index (χ3n) is 2.84. The second kappa shape index (κ2) is 8.32. The number of nitrogens with one attached hydrogen (secondary N) is 1. The Balaban J connectivity index is 1.82. The van der Waals surface area contributed by atoms with Crippen molar-refractivity contribution in [1.29, 1.82) is 0 Å². The Morgan fingerprint density at radius 3 is 2.39 bits per heavy atom. The van der Waals surface area contributed by atoms with Crippen molar-refractivity contribution in [3.63, 3.8) is 0 Å². The van der Waals surface area contributed by atoms with Gasteiger partial charge in [-0.2, -0.15) is 0 Å². The van der Waals surface area contributed by atoms with Gasteiger partial charge in [-0.25, -0.2) is 0 Å². The molecule has 0 saturated heterocycles. The number of hydrogen-bond donors (Lipinski definition) is 2. The number of hydrogen-bond acceptors (Lipinski definition) is 7. The normalized spacial score (nSPS) is 10.5. The monoisotopic (exact) mass is 368 g/mol. The highest BCUT2D eigenvalue weighted by Crippen LogP contribution is 2.28. The van der Waals surface area contributed by atoms with Gasteiger partial charge >= 0.3 is 0 Å². The van der Waals surface area contributed by atoms with Crippen molar-refractivity contribution in [2.45, 2.75) is 22.5 Å². The quantitative estimate of drug-likeness (QED) is 0.729. The first kappa shape index (κ1) is 17.8. The van der Waals surface area contributed by atoms with Gasteiger partial charge in [0.05, 0.1) is 11.5 Å². The molecule has 0 spiro atoms. The van der Waals surface area contributed by atoms with E-state index < -0.39 is 5.91 Å². The molecule has 2 rings (SSSR count). The summed E-state index contributed by atoms with van der Waals surface area (Å²) in [5, 5.41) is 10.8. The number of nitrogens with two attached hydrogens (primary N) is 1. The highest BCUT2D eigenvalue weighted by Gasteiger charge is 2.10. The molecule has 0 fully saturated rings. The number of nitrogens with zero attached hydrogens (tertiary/aromatic N) is 2. The largest absolute Gasteiger partial charge is 0.369 e. The van der Waals surface area contributed by atoms with E-state index in [0.717, 1.165) is 11.3 Å². The number of benzene rings is 1. The van der Waals surface area contributed by atoms with Gasteiger partial charge in [0.15, 0.2) is 8.68 Å². The molecule has 0 atom stereocenters. The smallest absolute Gasteiger partial charge is 0.234 e. The summed E-state index contributed by atoms with van der Waals surface area (Å²) in [6.07, 6.45) is 0. The zero-order chi connectivity index (χ0) is 16.8. The number of primary amides is 1. The van der Waals surface area contributed by atoms with Crippen LogP contribution in [0.25, 0.3) is 0 Å². The molecule has 0 bridgehead atoms. The van der Waals surface area contributed by atoms with E-state index in [1.165, 1.54) is 40.4 Å². The Hall–Kier alpha value is -1.58. The summed E-state index contributed by atoms with van der Waals surface area (Å²) >= 11 is 3.90. The van der Waals surface area contributed by atoms with E-state index in [-0.39, 0.29) is 17.4 Å². The Morgan fingerprint density at radius 1 is 1.13 bits per heavy atom. The minimum atomic E-state index is -0.396. The fourth-order valence-electron chi connectivity index (χ4n) is 1.59. The molecule has 2 amide bonds. The molecule has 0 unspecified atom stereocenters. The molecule has 6 nitrogen and oxygen atoms in total. The second-order valence-corrected chi connectivity index (χ2v) is 8.15. The molecule has 2 aromatic rings. The number of aromatic nitrogens is 2. The molecular formula is C14H16N4O2S3. The molecule has 23 heavy (non-hydrogen) atoms. The summed E-state index contributed by atoms with van der Waals surface area (Å²) in [6, 6.07) is 5.81. The lowest BCUT2D eigenvalue weighted by Gasteiger charge is -2.06. The zero-order valence-corrected chi connectivity index (χ0v) is 15.1. The fourth-order valence-corrected chi connectivity index (χ4v) is 4.15. The average molecular weight is 369 g/mol. The second-order valence-electron chi connectivity index (χ2n) is 4.72. The lowest BCUT2D eigenvalue weighted by molar-refractivity contribution is -0.115.